The molecule has 0 aliphatic carbocycles. The Balaban J connectivity index is 2.20. The molecule has 0 amide bonds. The number of hydrogen-bond acceptors (Lipinski definition) is 2. The maximum atomic E-state index is 5.21. The van der Waals surface area contributed by atoms with Crippen LogP contribution in [0.5, 0.6) is 5.75 Å². The number of rotatable bonds is 4. The van der Waals surface area contributed by atoms with Crippen LogP contribution in [0.25, 0.3) is 0 Å². The summed E-state index contributed by atoms with van der Waals surface area (Å²) in [4.78, 5) is 4.31. The average Bonchev–Trinajstić information content (AvgIpc) is 2.76. The van der Waals surface area contributed by atoms with E-state index in [0.29, 0.717) is 0 Å². The van der Waals surface area contributed by atoms with Crippen LogP contribution in [0.3, 0.4) is 0 Å². The predicted octanol–water partition coefficient (Wildman–Crippen LogP) is 2.50. The van der Waals surface area contributed by atoms with E-state index in [9.17, 15) is 0 Å². The van der Waals surface area contributed by atoms with Crippen molar-refractivity contribution in [2.45, 2.75) is 19.9 Å². The number of benzene rings is 1. The SMILES string of the molecule is CCc1nccn1Cc1cccc(OC)c1. The molecule has 0 aliphatic rings. The van der Waals surface area contributed by atoms with Crippen molar-refractivity contribution in [1.82, 2.24) is 9.55 Å². The molecule has 0 N–H and O–H groups in total. The molecule has 0 bridgehead atoms. The quantitative estimate of drug-likeness (QED) is 0.785. The van der Waals surface area contributed by atoms with Crippen LogP contribution >= 0.6 is 0 Å². The molecule has 0 aliphatic heterocycles. The van der Waals surface area contributed by atoms with Crippen LogP contribution in [0.4, 0.5) is 0 Å². The lowest BCUT2D eigenvalue weighted by Gasteiger charge is -2.07. The van der Waals surface area contributed by atoms with Gasteiger partial charge >= 0.3 is 0 Å². The van der Waals surface area contributed by atoms with E-state index in [1.807, 2.05) is 24.5 Å². The van der Waals surface area contributed by atoms with Gasteiger partial charge in [0.25, 0.3) is 0 Å². The lowest BCUT2D eigenvalue weighted by atomic mass is 10.2. The molecule has 1 aromatic heterocycles. The summed E-state index contributed by atoms with van der Waals surface area (Å²) in [6.07, 6.45) is 4.81. The molecule has 0 saturated heterocycles. The van der Waals surface area contributed by atoms with Crippen molar-refractivity contribution < 1.29 is 4.74 Å². The molecule has 1 aromatic carbocycles. The van der Waals surface area contributed by atoms with E-state index in [1.165, 1.54) is 5.56 Å². The van der Waals surface area contributed by atoms with Crippen LogP contribution < -0.4 is 4.74 Å². The maximum Gasteiger partial charge on any atom is 0.119 e. The Morgan fingerprint density at radius 1 is 1.38 bits per heavy atom. The van der Waals surface area contributed by atoms with E-state index in [1.54, 1.807) is 7.11 Å². The van der Waals surface area contributed by atoms with Crippen molar-refractivity contribution in [3.05, 3.63) is 48.0 Å². The molecule has 0 unspecified atom stereocenters. The minimum Gasteiger partial charge on any atom is -0.497 e. The van der Waals surface area contributed by atoms with Crippen LogP contribution in [0.1, 0.15) is 18.3 Å². The highest BCUT2D eigenvalue weighted by atomic mass is 16.5. The van der Waals surface area contributed by atoms with Crippen LogP contribution in [-0.4, -0.2) is 16.7 Å². The van der Waals surface area contributed by atoms with Crippen molar-refractivity contribution in [3.63, 3.8) is 0 Å². The zero-order valence-corrected chi connectivity index (χ0v) is 9.68. The minimum absolute atomic E-state index is 0.848. The molecular weight excluding hydrogens is 200 g/mol. The molecule has 0 fully saturated rings. The van der Waals surface area contributed by atoms with Gasteiger partial charge in [-0.15, -0.1) is 0 Å². The van der Waals surface area contributed by atoms with Gasteiger partial charge in [-0.3, -0.25) is 0 Å². The Morgan fingerprint density at radius 2 is 2.25 bits per heavy atom. The Hall–Kier alpha value is -1.77. The van der Waals surface area contributed by atoms with E-state index >= 15 is 0 Å². The highest BCUT2D eigenvalue weighted by Crippen LogP contribution is 2.14. The van der Waals surface area contributed by atoms with E-state index in [4.69, 9.17) is 4.74 Å². The molecule has 0 saturated carbocycles. The van der Waals surface area contributed by atoms with Crippen LogP contribution in [0.15, 0.2) is 36.7 Å². The van der Waals surface area contributed by atoms with Crippen LogP contribution in [-0.2, 0) is 13.0 Å². The second kappa shape index (κ2) is 4.84. The van der Waals surface area contributed by atoms with Gasteiger partial charge in [0.1, 0.15) is 11.6 Å². The number of ether oxygens (including phenoxy) is 1. The topological polar surface area (TPSA) is 27.1 Å². The number of aryl methyl sites for hydroxylation is 1. The standard InChI is InChI=1S/C13H16N2O/c1-3-13-14-7-8-15(13)10-11-5-4-6-12(9-11)16-2/h4-9H,3,10H2,1-2H3. The zero-order valence-electron chi connectivity index (χ0n) is 9.68. The van der Waals surface area contributed by atoms with E-state index in [0.717, 1.165) is 24.5 Å². The van der Waals surface area contributed by atoms with Gasteiger partial charge in [0.05, 0.1) is 7.11 Å². The Labute approximate surface area is 95.7 Å². The predicted molar refractivity (Wildman–Crippen MR) is 63.7 cm³/mol. The van der Waals surface area contributed by atoms with Crippen molar-refractivity contribution in [1.29, 1.82) is 0 Å². The van der Waals surface area contributed by atoms with Crippen molar-refractivity contribution in [3.8, 4) is 5.75 Å². The molecule has 3 heteroatoms. The van der Waals surface area contributed by atoms with Gasteiger partial charge in [-0.25, -0.2) is 4.98 Å². The van der Waals surface area contributed by atoms with Crippen molar-refractivity contribution in [2.24, 2.45) is 0 Å². The van der Waals surface area contributed by atoms with Crippen molar-refractivity contribution >= 4 is 0 Å². The second-order valence-electron chi connectivity index (χ2n) is 3.68. The summed E-state index contributed by atoms with van der Waals surface area (Å²) in [5, 5.41) is 0. The molecule has 0 spiro atoms. The van der Waals surface area contributed by atoms with Gasteiger partial charge in [0, 0.05) is 25.4 Å². The maximum absolute atomic E-state index is 5.21. The third kappa shape index (κ3) is 2.24. The molecular formula is C13H16N2O. The summed E-state index contributed by atoms with van der Waals surface area (Å²) in [6.45, 7) is 2.96. The van der Waals surface area contributed by atoms with Gasteiger partial charge in [0.2, 0.25) is 0 Å². The fraction of sp³-hybridized carbons (Fsp3) is 0.308. The van der Waals surface area contributed by atoms with Gasteiger partial charge in [-0.05, 0) is 17.7 Å². The van der Waals surface area contributed by atoms with Gasteiger partial charge in [-0.2, -0.15) is 0 Å². The Kier molecular flexibility index (Phi) is 3.25. The van der Waals surface area contributed by atoms with Crippen LogP contribution in [0, 0.1) is 0 Å². The summed E-state index contributed by atoms with van der Waals surface area (Å²) in [5.41, 5.74) is 1.23. The van der Waals surface area contributed by atoms with Crippen molar-refractivity contribution in [2.75, 3.05) is 7.11 Å². The third-order valence-corrected chi connectivity index (χ3v) is 2.61. The summed E-state index contributed by atoms with van der Waals surface area (Å²) in [6, 6.07) is 8.12. The number of methoxy groups -OCH3 is 1. The molecule has 3 nitrogen and oxygen atoms in total. The fourth-order valence-electron chi connectivity index (χ4n) is 1.77. The lowest BCUT2D eigenvalue weighted by Crippen LogP contribution is -2.03. The van der Waals surface area contributed by atoms with Gasteiger partial charge in [-0.1, -0.05) is 19.1 Å². The smallest absolute Gasteiger partial charge is 0.119 e. The Bertz CT molecular complexity index is 462. The first-order chi connectivity index (χ1) is 7.83. The first kappa shape index (κ1) is 10.7. The van der Waals surface area contributed by atoms with E-state index < -0.39 is 0 Å². The lowest BCUT2D eigenvalue weighted by molar-refractivity contribution is 0.414. The van der Waals surface area contributed by atoms with E-state index in [2.05, 4.69) is 28.6 Å². The largest absolute Gasteiger partial charge is 0.497 e. The van der Waals surface area contributed by atoms with E-state index in [-0.39, 0.29) is 0 Å². The minimum atomic E-state index is 0.848. The molecule has 16 heavy (non-hydrogen) atoms. The van der Waals surface area contributed by atoms with Gasteiger partial charge < -0.3 is 9.30 Å². The summed E-state index contributed by atoms with van der Waals surface area (Å²) in [7, 11) is 1.69. The molecule has 2 rings (SSSR count). The third-order valence-electron chi connectivity index (χ3n) is 2.61. The molecule has 0 atom stereocenters. The molecule has 84 valence electrons. The molecule has 1 heterocycles. The zero-order chi connectivity index (χ0) is 11.4. The highest BCUT2D eigenvalue weighted by Gasteiger charge is 2.01. The first-order valence-corrected chi connectivity index (χ1v) is 5.46. The average molecular weight is 216 g/mol. The normalized spacial score (nSPS) is 10.4. The Morgan fingerprint density at radius 3 is 3.00 bits per heavy atom. The highest BCUT2D eigenvalue weighted by molar-refractivity contribution is 5.28. The number of hydrogen-bond donors (Lipinski definition) is 0. The summed E-state index contributed by atoms with van der Waals surface area (Å²) < 4.78 is 7.37. The second-order valence-corrected chi connectivity index (χ2v) is 3.68. The number of imidazole rings is 1. The van der Waals surface area contributed by atoms with Crippen LogP contribution in [0.2, 0.25) is 0 Å². The monoisotopic (exact) mass is 216 g/mol. The summed E-state index contributed by atoms with van der Waals surface area (Å²) in [5.74, 6) is 2.01. The molecule has 2 aromatic rings. The fourth-order valence-corrected chi connectivity index (χ4v) is 1.77. The summed E-state index contributed by atoms with van der Waals surface area (Å²) >= 11 is 0. The number of nitrogens with zero attached hydrogens (tertiary/aromatic N) is 2. The van der Waals surface area contributed by atoms with Gasteiger partial charge in [0.15, 0.2) is 0 Å². The first-order valence-electron chi connectivity index (χ1n) is 5.46. The molecule has 0 radical (unpaired) electrons. The number of aromatic nitrogens is 2.